The molecule has 1 aromatic rings. The highest BCUT2D eigenvalue weighted by Crippen LogP contribution is 2.26. The summed E-state index contributed by atoms with van der Waals surface area (Å²) in [6.45, 7) is 6.52. The first-order valence-corrected chi connectivity index (χ1v) is 5.36. The molecule has 3 nitrogen and oxygen atoms in total. The molecule has 0 atom stereocenters. The van der Waals surface area contributed by atoms with E-state index in [-0.39, 0.29) is 5.41 Å². The first-order chi connectivity index (χ1) is 7.08. The fourth-order valence-corrected chi connectivity index (χ4v) is 2.08. The highest BCUT2D eigenvalue weighted by atomic mass is 16.3. The summed E-state index contributed by atoms with van der Waals surface area (Å²) in [5.41, 5.74) is -0.204. The lowest BCUT2D eigenvalue weighted by Gasteiger charge is -2.36. The molecular formula is C12H17NO2. The van der Waals surface area contributed by atoms with E-state index in [9.17, 15) is 4.79 Å². The van der Waals surface area contributed by atoms with Crippen molar-refractivity contribution in [3.63, 3.8) is 0 Å². The first-order valence-electron chi connectivity index (χ1n) is 5.36. The molecule has 3 heteroatoms. The standard InChI is InChI=1S/C12H17NO2/c1-12(2)9-13(6-5-11(12)14)8-10-4-3-7-15-10/h3-4,7H,5-6,8-9H2,1-2H3. The summed E-state index contributed by atoms with van der Waals surface area (Å²) in [5, 5.41) is 0. The van der Waals surface area contributed by atoms with Gasteiger partial charge in [-0.2, -0.15) is 0 Å². The van der Waals surface area contributed by atoms with Crippen LogP contribution in [0.1, 0.15) is 26.0 Å². The van der Waals surface area contributed by atoms with Gasteiger partial charge < -0.3 is 4.42 Å². The largest absolute Gasteiger partial charge is 0.468 e. The molecule has 0 saturated carbocycles. The number of ketones is 1. The number of furan rings is 1. The molecule has 0 aliphatic carbocycles. The minimum absolute atomic E-state index is 0.204. The van der Waals surface area contributed by atoms with E-state index in [1.807, 2.05) is 26.0 Å². The summed E-state index contributed by atoms with van der Waals surface area (Å²) in [6.07, 6.45) is 2.35. The SMILES string of the molecule is CC1(C)CN(Cc2ccco2)CCC1=O. The molecule has 15 heavy (non-hydrogen) atoms. The van der Waals surface area contributed by atoms with Crippen LogP contribution in [0.4, 0.5) is 0 Å². The molecule has 0 N–H and O–H groups in total. The van der Waals surface area contributed by atoms with Crippen molar-refractivity contribution >= 4 is 5.78 Å². The van der Waals surface area contributed by atoms with Gasteiger partial charge in [-0.25, -0.2) is 0 Å². The van der Waals surface area contributed by atoms with Gasteiger partial charge in [-0.1, -0.05) is 13.8 Å². The lowest BCUT2D eigenvalue weighted by atomic mass is 9.83. The van der Waals surface area contributed by atoms with Gasteiger partial charge in [0.1, 0.15) is 11.5 Å². The molecule has 0 aromatic carbocycles. The Morgan fingerprint density at radius 1 is 1.53 bits per heavy atom. The van der Waals surface area contributed by atoms with Gasteiger partial charge in [-0.05, 0) is 12.1 Å². The van der Waals surface area contributed by atoms with E-state index in [0.29, 0.717) is 12.2 Å². The molecule has 0 unspecified atom stereocenters. The predicted molar refractivity (Wildman–Crippen MR) is 57.4 cm³/mol. The normalized spacial score (nSPS) is 21.9. The van der Waals surface area contributed by atoms with E-state index in [1.165, 1.54) is 0 Å². The lowest BCUT2D eigenvalue weighted by Crippen LogP contribution is -2.45. The van der Waals surface area contributed by atoms with Gasteiger partial charge in [0.15, 0.2) is 0 Å². The third kappa shape index (κ3) is 2.29. The van der Waals surface area contributed by atoms with Crippen LogP contribution in [0, 0.1) is 5.41 Å². The van der Waals surface area contributed by atoms with Crippen molar-refractivity contribution < 1.29 is 9.21 Å². The zero-order valence-electron chi connectivity index (χ0n) is 9.32. The molecule has 0 bridgehead atoms. The van der Waals surface area contributed by atoms with Crippen molar-refractivity contribution in [2.45, 2.75) is 26.8 Å². The van der Waals surface area contributed by atoms with E-state index in [4.69, 9.17) is 4.42 Å². The van der Waals surface area contributed by atoms with E-state index in [2.05, 4.69) is 4.90 Å². The summed E-state index contributed by atoms with van der Waals surface area (Å²) in [5.74, 6) is 1.35. The van der Waals surface area contributed by atoms with Crippen molar-refractivity contribution in [1.82, 2.24) is 4.90 Å². The van der Waals surface area contributed by atoms with E-state index >= 15 is 0 Å². The minimum Gasteiger partial charge on any atom is -0.468 e. The third-order valence-electron chi connectivity index (χ3n) is 2.99. The zero-order chi connectivity index (χ0) is 10.9. The number of rotatable bonds is 2. The van der Waals surface area contributed by atoms with E-state index in [1.54, 1.807) is 6.26 Å². The highest BCUT2D eigenvalue weighted by Gasteiger charge is 2.34. The van der Waals surface area contributed by atoms with Crippen LogP contribution in [-0.4, -0.2) is 23.8 Å². The van der Waals surface area contributed by atoms with E-state index in [0.717, 1.165) is 25.4 Å². The number of hydrogen-bond donors (Lipinski definition) is 0. The number of piperidine rings is 1. The van der Waals surface area contributed by atoms with Crippen LogP contribution < -0.4 is 0 Å². The Kier molecular flexibility index (Phi) is 2.65. The zero-order valence-corrected chi connectivity index (χ0v) is 9.32. The molecule has 1 aromatic heterocycles. The second kappa shape index (κ2) is 3.81. The molecule has 1 aliphatic heterocycles. The van der Waals surface area contributed by atoms with Crippen LogP contribution in [0.15, 0.2) is 22.8 Å². The maximum atomic E-state index is 11.6. The third-order valence-corrected chi connectivity index (χ3v) is 2.99. The quantitative estimate of drug-likeness (QED) is 0.744. The summed E-state index contributed by atoms with van der Waals surface area (Å²) in [6, 6.07) is 3.87. The molecule has 1 saturated heterocycles. The van der Waals surface area contributed by atoms with Gasteiger partial charge in [0.05, 0.1) is 12.8 Å². The Hall–Kier alpha value is -1.09. The van der Waals surface area contributed by atoms with Gasteiger partial charge in [0.25, 0.3) is 0 Å². The lowest BCUT2D eigenvalue weighted by molar-refractivity contribution is -0.131. The molecular weight excluding hydrogens is 190 g/mol. The van der Waals surface area contributed by atoms with Gasteiger partial charge in [0.2, 0.25) is 0 Å². The number of nitrogens with zero attached hydrogens (tertiary/aromatic N) is 1. The fourth-order valence-electron chi connectivity index (χ4n) is 2.08. The first kappa shape index (κ1) is 10.4. The predicted octanol–water partition coefficient (Wildman–Crippen LogP) is 2.08. The topological polar surface area (TPSA) is 33.5 Å². The molecule has 82 valence electrons. The minimum atomic E-state index is -0.204. The van der Waals surface area contributed by atoms with Crippen molar-refractivity contribution in [2.75, 3.05) is 13.1 Å². The molecule has 1 aliphatic rings. The Labute approximate surface area is 90.1 Å². The van der Waals surface area contributed by atoms with Crippen molar-refractivity contribution in [2.24, 2.45) is 5.41 Å². The second-order valence-corrected chi connectivity index (χ2v) is 4.85. The molecule has 0 amide bonds. The summed E-state index contributed by atoms with van der Waals surface area (Å²) < 4.78 is 5.30. The van der Waals surface area contributed by atoms with E-state index < -0.39 is 0 Å². The Morgan fingerprint density at radius 3 is 2.93 bits per heavy atom. The summed E-state index contributed by atoms with van der Waals surface area (Å²) in [7, 11) is 0. The average Bonchev–Trinajstić information content (AvgIpc) is 2.63. The Balaban J connectivity index is 1.98. The van der Waals surface area contributed by atoms with Crippen LogP contribution in [0.5, 0.6) is 0 Å². The van der Waals surface area contributed by atoms with Crippen molar-refractivity contribution in [1.29, 1.82) is 0 Å². The van der Waals surface area contributed by atoms with Crippen molar-refractivity contribution in [3.05, 3.63) is 24.2 Å². The maximum Gasteiger partial charge on any atom is 0.141 e. The molecule has 2 rings (SSSR count). The molecule has 0 spiro atoms. The number of hydrogen-bond acceptors (Lipinski definition) is 3. The monoisotopic (exact) mass is 207 g/mol. The molecule has 1 fully saturated rings. The second-order valence-electron chi connectivity index (χ2n) is 4.85. The molecule has 2 heterocycles. The van der Waals surface area contributed by atoms with Gasteiger partial charge >= 0.3 is 0 Å². The van der Waals surface area contributed by atoms with Crippen molar-refractivity contribution in [3.8, 4) is 0 Å². The van der Waals surface area contributed by atoms with Crippen LogP contribution in [0.25, 0.3) is 0 Å². The smallest absolute Gasteiger partial charge is 0.141 e. The van der Waals surface area contributed by atoms with Crippen LogP contribution in [0.2, 0.25) is 0 Å². The summed E-state index contributed by atoms with van der Waals surface area (Å²) in [4.78, 5) is 13.9. The Bertz CT molecular complexity index is 341. The summed E-state index contributed by atoms with van der Waals surface area (Å²) >= 11 is 0. The highest BCUT2D eigenvalue weighted by molar-refractivity contribution is 5.85. The average molecular weight is 207 g/mol. The number of Topliss-reactive ketones (excluding diaryl/α,β-unsaturated/α-hetero) is 1. The Morgan fingerprint density at radius 2 is 2.33 bits per heavy atom. The molecule has 0 radical (unpaired) electrons. The maximum absolute atomic E-state index is 11.6. The van der Waals surface area contributed by atoms with Gasteiger partial charge in [-0.15, -0.1) is 0 Å². The van der Waals surface area contributed by atoms with Crippen LogP contribution >= 0.6 is 0 Å². The number of likely N-dealkylation sites (tertiary alicyclic amines) is 1. The fraction of sp³-hybridized carbons (Fsp3) is 0.583. The van der Waals surface area contributed by atoms with Gasteiger partial charge in [0, 0.05) is 24.9 Å². The number of carbonyl (C=O) groups excluding carboxylic acids is 1. The van der Waals surface area contributed by atoms with Gasteiger partial charge in [-0.3, -0.25) is 9.69 Å². The number of carbonyl (C=O) groups is 1. The van der Waals surface area contributed by atoms with Crippen LogP contribution in [0.3, 0.4) is 0 Å². The van der Waals surface area contributed by atoms with Crippen LogP contribution in [-0.2, 0) is 11.3 Å².